The van der Waals surface area contributed by atoms with Gasteiger partial charge in [-0.15, -0.1) is 0 Å². The van der Waals surface area contributed by atoms with E-state index in [1.54, 1.807) is 22.8 Å². The minimum absolute atomic E-state index is 0.0150. The van der Waals surface area contributed by atoms with E-state index in [9.17, 15) is 19.1 Å². The molecule has 7 heteroatoms. The third kappa shape index (κ3) is 2.77. The van der Waals surface area contributed by atoms with Gasteiger partial charge in [0.25, 0.3) is 5.56 Å². The summed E-state index contributed by atoms with van der Waals surface area (Å²) in [5.41, 5.74) is 1.92. The molecule has 0 spiro atoms. The molecule has 1 aromatic carbocycles. The normalized spacial score (nSPS) is 26.1. The molecule has 0 unspecified atom stereocenters. The van der Waals surface area contributed by atoms with Gasteiger partial charge >= 0.3 is 0 Å². The zero-order chi connectivity index (χ0) is 20.0. The molecule has 2 aliphatic heterocycles. The van der Waals surface area contributed by atoms with Crippen LogP contribution in [0.15, 0.2) is 41.2 Å². The maximum absolute atomic E-state index is 13.2. The maximum atomic E-state index is 13.2. The molecule has 1 amide bonds. The lowest BCUT2D eigenvalue weighted by Crippen LogP contribution is -2.46. The molecule has 1 aromatic heterocycles. The van der Waals surface area contributed by atoms with Crippen molar-refractivity contribution in [3.8, 4) is 11.1 Å². The van der Waals surface area contributed by atoms with E-state index in [-0.39, 0.29) is 41.8 Å². The molecule has 6 nitrogen and oxygen atoms in total. The Balaban J connectivity index is 1.73. The van der Waals surface area contributed by atoms with Gasteiger partial charge in [0.15, 0.2) is 0 Å². The molecule has 3 heterocycles. The molecule has 1 saturated heterocycles. The molecule has 0 aliphatic carbocycles. The van der Waals surface area contributed by atoms with E-state index >= 15 is 0 Å². The number of hydrogen-bond acceptors (Lipinski definition) is 4. The Morgan fingerprint density at radius 2 is 1.96 bits per heavy atom. The number of carbonyl (C=O) groups excluding carboxylic acids is 1. The van der Waals surface area contributed by atoms with Crippen molar-refractivity contribution < 1.29 is 14.3 Å². The zero-order valence-corrected chi connectivity index (χ0v) is 15.9. The maximum Gasteiger partial charge on any atom is 0.258 e. The van der Waals surface area contributed by atoms with Gasteiger partial charge < -0.3 is 15.0 Å². The molecule has 4 atom stereocenters. The van der Waals surface area contributed by atoms with Gasteiger partial charge in [-0.25, -0.2) is 4.39 Å². The highest BCUT2D eigenvalue weighted by atomic mass is 19.1. The van der Waals surface area contributed by atoms with Crippen molar-refractivity contribution in [2.24, 2.45) is 11.8 Å². The Labute approximate surface area is 162 Å². The Morgan fingerprint density at radius 3 is 2.61 bits per heavy atom. The average molecular weight is 385 g/mol. The molecule has 2 aromatic rings. The molecular formula is C21H24FN3O3. The van der Waals surface area contributed by atoms with E-state index in [0.717, 1.165) is 5.69 Å². The highest BCUT2D eigenvalue weighted by Crippen LogP contribution is 2.48. The van der Waals surface area contributed by atoms with E-state index in [4.69, 9.17) is 0 Å². The van der Waals surface area contributed by atoms with E-state index in [1.165, 1.54) is 12.1 Å². The number of rotatable bonds is 4. The summed E-state index contributed by atoms with van der Waals surface area (Å²) >= 11 is 0. The second-order valence-electron chi connectivity index (χ2n) is 7.55. The number of nitrogens with zero attached hydrogens (tertiary/aromatic N) is 2. The third-order valence-corrected chi connectivity index (χ3v) is 6.13. The second kappa shape index (κ2) is 7.14. The highest BCUT2D eigenvalue weighted by molar-refractivity contribution is 5.82. The van der Waals surface area contributed by atoms with E-state index in [0.29, 0.717) is 24.2 Å². The molecule has 2 N–H and O–H groups in total. The molecule has 0 saturated carbocycles. The molecule has 4 rings (SSSR count). The molecular weight excluding hydrogens is 361 g/mol. The van der Waals surface area contributed by atoms with E-state index in [2.05, 4.69) is 5.32 Å². The fourth-order valence-corrected chi connectivity index (χ4v) is 4.90. The number of aliphatic hydroxyl groups excluding tert-OH is 1. The van der Waals surface area contributed by atoms with Crippen molar-refractivity contribution in [2.75, 3.05) is 20.2 Å². The summed E-state index contributed by atoms with van der Waals surface area (Å²) < 4.78 is 15.0. The van der Waals surface area contributed by atoms with Crippen molar-refractivity contribution in [1.29, 1.82) is 0 Å². The van der Waals surface area contributed by atoms with Crippen LogP contribution in [0.25, 0.3) is 11.1 Å². The Kier molecular flexibility index (Phi) is 4.81. The van der Waals surface area contributed by atoms with Crippen LogP contribution in [0, 0.1) is 17.7 Å². The number of fused-ring (bicyclic) bond motifs is 3. The largest absolute Gasteiger partial charge is 0.396 e. The quantitative estimate of drug-likeness (QED) is 0.834. The SMILES string of the molecule is CCNC(=O)[C@@H]1[C@@H](CO)[C@@H]2Cn3c(ccc(-c4ccc(F)cc4)c3=O)[C@@H]2N1C. The van der Waals surface area contributed by atoms with Crippen LogP contribution in [-0.2, 0) is 11.3 Å². The first kappa shape index (κ1) is 18.8. The van der Waals surface area contributed by atoms with Gasteiger partial charge in [-0.3, -0.25) is 14.5 Å². The number of hydrogen-bond donors (Lipinski definition) is 2. The number of likely N-dealkylation sites (N-methyl/N-ethyl adjacent to an activating group) is 2. The van der Waals surface area contributed by atoms with Crippen molar-refractivity contribution >= 4 is 5.91 Å². The number of nitrogens with one attached hydrogen (secondary N) is 1. The van der Waals surface area contributed by atoms with E-state index < -0.39 is 6.04 Å². The van der Waals surface area contributed by atoms with Crippen molar-refractivity contribution in [2.45, 2.75) is 25.6 Å². The molecule has 1 fully saturated rings. The van der Waals surface area contributed by atoms with Crippen LogP contribution in [0.3, 0.4) is 0 Å². The summed E-state index contributed by atoms with van der Waals surface area (Å²) in [6.07, 6.45) is 0. The number of aromatic nitrogens is 1. The van der Waals surface area contributed by atoms with Gasteiger partial charge in [0, 0.05) is 42.8 Å². The minimum atomic E-state index is -0.416. The highest BCUT2D eigenvalue weighted by Gasteiger charge is 2.54. The van der Waals surface area contributed by atoms with Crippen molar-refractivity contribution in [3.05, 3.63) is 58.3 Å². The average Bonchev–Trinajstić information content (AvgIpc) is 3.19. The topological polar surface area (TPSA) is 74.6 Å². The number of likely N-dealkylation sites (tertiary alicyclic amines) is 1. The summed E-state index contributed by atoms with van der Waals surface area (Å²) in [7, 11) is 1.88. The smallest absolute Gasteiger partial charge is 0.258 e. The van der Waals surface area contributed by atoms with Crippen molar-refractivity contribution in [1.82, 2.24) is 14.8 Å². The number of benzene rings is 1. The Hall–Kier alpha value is -2.51. The van der Waals surface area contributed by atoms with Crippen LogP contribution in [0.4, 0.5) is 4.39 Å². The molecule has 0 bridgehead atoms. The lowest BCUT2D eigenvalue weighted by atomic mass is 9.88. The van der Waals surface area contributed by atoms with Gasteiger partial charge in [0.05, 0.1) is 12.1 Å². The standard InChI is InChI=1S/C21H24FN3O3/c1-3-23-20(27)19-16(11-26)15-10-25-17(18(15)24(19)2)9-8-14(21(25)28)12-4-6-13(22)7-5-12/h4-9,15-16,18-19,26H,3,10-11H2,1-2H3,(H,23,27)/t15-,16-,18+,19-/m0/s1. The van der Waals surface area contributed by atoms with Crippen LogP contribution in [0.2, 0.25) is 0 Å². The third-order valence-electron chi connectivity index (χ3n) is 6.13. The van der Waals surface area contributed by atoms with Gasteiger partial charge in [-0.05, 0) is 43.8 Å². The number of aliphatic hydroxyl groups is 1. The minimum Gasteiger partial charge on any atom is -0.396 e. The lowest BCUT2D eigenvalue weighted by molar-refractivity contribution is -0.127. The van der Waals surface area contributed by atoms with Crippen LogP contribution >= 0.6 is 0 Å². The first-order valence-electron chi connectivity index (χ1n) is 9.58. The Morgan fingerprint density at radius 1 is 1.25 bits per heavy atom. The molecule has 148 valence electrons. The number of carbonyl (C=O) groups is 1. The first-order valence-corrected chi connectivity index (χ1v) is 9.58. The fraction of sp³-hybridized carbons (Fsp3) is 0.429. The van der Waals surface area contributed by atoms with Gasteiger partial charge in [-0.1, -0.05) is 12.1 Å². The number of halogens is 1. The Bertz CT molecular complexity index is 956. The fourth-order valence-electron chi connectivity index (χ4n) is 4.90. The first-order chi connectivity index (χ1) is 13.5. The van der Waals surface area contributed by atoms with E-state index in [1.807, 2.05) is 24.9 Å². The summed E-state index contributed by atoms with van der Waals surface area (Å²) in [5.74, 6) is -0.687. The van der Waals surface area contributed by atoms with Crippen LogP contribution in [0.1, 0.15) is 18.7 Å². The van der Waals surface area contributed by atoms with Gasteiger partial charge in [0.2, 0.25) is 5.91 Å². The van der Waals surface area contributed by atoms with Crippen molar-refractivity contribution in [3.63, 3.8) is 0 Å². The lowest BCUT2D eigenvalue weighted by Gasteiger charge is -2.27. The number of pyridine rings is 1. The zero-order valence-electron chi connectivity index (χ0n) is 15.9. The molecule has 28 heavy (non-hydrogen) atoms. The van der Waals surface area contributed by atoms with Crippen LogP contribution in [0.5, 0.6) is 0 Å². The summed E-state index contributed by atoms with van der Waals surface area (Å²) in [5, 5.41) is 12.8. The summed E-state index contributed by atoms with van der Waals surface area (Å²) in [4.78, 5) is 27.6. The van der Waals surface area contributed by atoms with Gasteiger partial charge in [-0.2, -0.15) is 0 Å². The summed E-state index contributed by atoms with van der Waals surface area (Å²) in [6.45, 7) is 2.75. The number of amides is 1. The predicted molar refractivity (Wildman–Crippen MR) is 103 cm³/mol. The summed E-state index contributed by atoms with van der Waals surface area (Å²) in [6, 6.07) is 9.05. The van der Waals surface area contributed by atoms with Crippen LogP contribution in [-0.4, -0.2) is 46.7 Å². The van der Waals surface area contributed by atoms with Crippen LogP contribution < -0.4 is 10.9 Å². The predicted octanol–water partition coefficient (Wildman–Crippen LogP) is 1.38. The molecule has 0 radical (unpaired) electrons. The second-order valence-corrected chi connectivity index (χ2v) is 7.55. The van der Waals surface area contributed by atoms with Gasteiger partial charge in [0.1, 0.15) is 5.82 Å². The molecule has 2 aliphatic rings. The monoisotopic (exact) mass is 385 g/mol.